The van der Waals surface area contributed by atoms with E-state index in [0.717, 1.165) is 16.9 Å². The summed E-state index contributed by atoms with van der Waals surface area (Å²) in [6.45, 7) is 7.21. The molecule has 0 spiro atoms. The van der Waals surface area contributed by atoms with Gasteiger partial charge in [0.25, 0.3) is 0 Å². The third-order valence-corrected chi connectivity index (χ3v) is 4.05. The van der Waals surface area contributed by atoms with E-state index in [0.29, 0.717) is 45.4 Å². The molecule has 1 aromatic heterocycles. The predicted molar refractivity (Wildman–Crippen MR) is 126 cm³/mol. The van der Waals surface area contributed by atoms with Crippen LogP contribution in [-0.4, -0.2) is 54.1 Å². The SMILES string of the molecule is CCOCCOc1cc(C)ccc1CNC(=NC)NCCn1cc([N+](=O)[O-])cn1.I. The summed E-state index contributed by atoms with van der Waals surface area (Å²) in [5.41, 5.74) is 2.11. The van der Waals surface area contributed by atoms with Crippen molar-refractivity contribution in [1.82, 2.24) is 20.4 Å². The van der Waals surface area contributed by atoms with Crippen LogP contribution in [0.5, 0.6) is 5.75 Å². The third-order valence-electron chi connectivity index (χ3n) is 4.05. The van der Waals surface area contributed by atoms with Crippen molar-refractivity contribution >= 4 is 35.6 Å². The molecule has 0 aliphatic carbocycles. The van der Waals surface area contributed by atoms with Gasteiger partial charge in [0.1, 0.15) is 24.8 Å². The minimum atomic E-state index is -0.465. The molecule has 0 atom stereocenters. The fourth-order valence-corrected chi connectivity index (χ4v) is 2.55. The van der Waals surface area contributed by atoms with Gasteiger partial charge in [0, 0.05) is 32.3 Å². The minimum absolute atomic E-state index is 0. The molecule has 0 saturated carbocycles. The van der Waals surface area contributed by atoms with Crippen molar-refractivity contribution in [2.45, 2.75) is 26.9 Å². The molecular formula is C19H29IN6O4. The van der Waals surface area contributed by atoms with E-state index in [1.165, 1.54) is 17.1 Å². The van der Waals surface area contributed by atoms with Crippen LogP contribution in [0.2, 0.25) is 0 Å². The van der Waals surface area contributed by atoms with Gasteiger partial charge in [0.2, 0.25) is 0 Å². The highest BCUT2D eigenvalue weighted by atomic mass is 127. The van der Waals surface area contributed by atoms with Crippen molar-refractivity contribution < 1.29 is 14.4 Å². The smallest absolute Gasteiger partial charge is 0.306 e. The van der Waals surface area contributed by atoms with Crippen LogP contribution in [0.4, 0.5) is 5.69 Å². The Morgan fingerprint density at radius 3 is 2.80 bits per heavy atom. The maximum atomic E-state index is 10.7. The molecule has 0 fully saturated rings. The first-order valence-electron chi connectivity index (χ1n) is 9.45. The van der Waals surface area contributed by atoms with E-state index >= 15 is 0 Å². The van der Waals surface area contributed by atoms with E-state index in [1.54, 1.807) is 7.05 Å². The molecule has 1 aromatic carbocycles. The summed E-state index contributed by atoms with van der Waals surface area (Å²) < 4.78 is 12.7. The Labute approximate surface area is 193 Å². The lowest BCUT2D eigenvalue weighted by Gasteiger charge is -2.15. The molecule has 0 bridgehead atoms. The number of aromatic nitrogens is 2. The summed E-state index contributed by atoms with van der Waals surface area (Å²) in [6.07, 6.45) is 2.63. The molecule has 0 radical (unpaired) electrons. The molecule has 11 heteroatoms. The molecule has 0 unspecified atom stereocenters. The zero-order chi connectivity index (χ0) is 21.1. The van der Waals surface area contributed by atoms with Crippen molar-refractivity contribution in [3.63, 3.8) is 0 Å². The summed E-state index contributed by atoms with van der Waals surface area (Å²) >= 11 is 0. The van der Waals surface area contributed by atoms with Gasteiger partial charge in [0.15, 0.2) is 5.96 Å². The number of nitrogens with zero attached hydrogens (tertiary/aromatic N) is 4. The average molecular weight is 532 g/mol. The number of rotatable bonds is 11. The Kier molecular flexibility index (Phi) is 11.7. The summed E-state index contributed by atoms with van der Waals surface area (Å²) in [4.78, 5) is 14.4. The first kappa shape index (κ1) is 25.6. The predicted octanol–water partition coefficient (Wildman–Crippen LogP) is 2.50. The molecule has 1 heterocycles. The number of guanidine groups is 1. The van der Waals surface area contributed by atoms with Crippen LogP contribution >= 0.6 is 24.0 Å². The fourth-order valence-electron chi connectivity index (χ4n) is 2.55. The van der Waals surface area contributed by atoms with Crippen LogP contribution in [0.3, 0.4) is 0 Å². The minimum Gasteiger partial charge on any atom is -0.491 e. The van der Waals surface area contributed by atoms with Crippen molar-refractivity contribution in [3.05, 3.63) is 51.8 Å². The molecular weight excluding hydrogens is 503 g/mol. The topological polar surface area (TPSA) is 116 Å². The van der Waals surface area contributed by atoms with Gasteiger partial charge in [-0.1, -0.05) is 12.1 Å². The number of ether oxygens (including phenoxy) is 2. The van der Waals surface area contributed by atoms with Gasteiger partial charge in [-0.2, -0.15) is 5.10 Å². The number of benzene rings is 1. The molecule has 2 N–H and O–H groups in total. The van der Waals surface area contributed by atoms with E-state index in [4.69, 9.17) is 9.47 Å². The van der Waals surface area contributed by atoms with Gasteiger partial charge < -0.3 is 20.1 Å². The van der Waals surface area contributed by atoms with Crippen LogP contribution < -0.4 is 15.4 Å². The van der Waals surface area contributed by atoms with Gasteiger partial charge >= 0.3 is 5.69 Å². The third kappa shape index (κ3) is 8.53. The number of aryl methyl sites for hydroxylation is 1. The van der Waals surface area contributed by atoms with Crippen LogP contribution in [-0.2, 0) is 17.8 Å². The Morgan fingerprint density at radius 2 is 2.13 bits per heavy atom. The van der Waals surface area contributed by atoms with Crippen molar-refractivity contribution in [3.8, 4) is 5.75 Å². The highest BCUT2D eigenvalue weighted by molar-refractivity contribution is 14.0. The largest absolute Gasteiger partial charge is 0.491 e. The maximum Gasteiger partial charge on any atom is 0.306 e. The van der Waals surface area contributed by atoms with E-state index in [-0.39, 0.29) is 29.7 Å². The Bertz CT molecular complexity index is 827. The number of aliphatic imine (C=N–C) groups is 1. The molecule has 2 aromatic rings. The van der Waals surface area contributed by atoms with Gasteiger partial charge in [-0.05, 0) is 25.5 Å². The molecule has 0 amide bonds. The highest BCUT2D eigenvalue weighted by Gasteiger charge is 2.09. The Hall–Kier alpha value is -2.41. The molecule has 10 nitrogen and oxygen atoms in total. The van der Waals surface area contributed by atoms with Crippen molar-refractivity contribution in [2.24, 2.45) is 4.99 Å². The van der Waals surface area contributed by atoms with Crippen LogP contribution in [0.1, 0.15) is 18.1 Å². The van der Waals surface area contributed by atoms with E-state index in [2.05, 4.69) is 20.7 Å². The van der Waals surface area contributed by atoms with E-state index in [9.17, 15) is 10.1 Å². The number of nitrogens with one attached hydrogen (secondary N) is 2. The van der Waals surface area contributed by atoms with Gasteiger partial charge in [-0.15, -0.1) is 24.0 Å². The lowest BCUT2D eigenvalue weighted by atomic mass is 10.1. The first-order chi connectivity index (χ1) is 14.0. The molecule has 0 aliphatic heterocycles. The molecule has 166 valence electrons. The normalized spacial score (nSPS) is 11.0. The standard InChI is InChI=1S/C19H28N6O4.HI/c1-4-28-9-10-29-18-11-15(2)5-6-16(18)12-22-19(20-3)21-7-8-24-14-17(13-23-24)25(26)27;/h5-6,11,13-14H,4,7-10,12H2,1-3H3,(H2,20,21,22);1H. The average Bonchev–Trinajstić information content (AvgIpc) is 3.18. The number of hydrogen-bond acceptors (Lipinski definition) is 6. The van der Waals surface area contributed by atoms with Gasteiger partial charge in [-0.3, -0.25) is 19.8 Å². The summed E-state index contributed by atoms with van der Waals surface area (Å²) in [5.74, 6) is 1.43. The van der Waals surface area contributed by atoms with Crippen LogP contribution in [0.15, 0.2) is 35.6 Å². The van der Waals surface area contributed by atoms with E-state index in [1.807, 2.05) is 32.0 Å². The zero-order valence-electron chi connectivity index (χ0n) is 17.5. The lowest BCUT2D eigenvalue weighted by Crippen LogP contribution is -2.38. The second-order valence-electron chi connectivity index (χ2n) is 6.23. The fraction of sp³-hybridized carbons (Fsp3) is 0.474. The number of nitro groups is 1. The molecule has 0 aliphatic rings. The second kappa shape index (κ2) is 13.7. The first-order valence-corrected chi connectivity index (χ1v) is 9.45. The summed E-state index contributed by atoms with van der Waals surface area (Å²) in [7, 11) is 1.68. The van der Waals surface area contributed by atoms with E-state index < -0.39 is 4.92 Å². The van der Waals surface area contributed by atoms with Gasteiger partial charge in [-0.25, -0.2) is 0 Å². The maximum absolute atomic E-state index is 10.7. The van der Waals surface area contributed by atoms with Crippen LogP contribution in [0.25, 0.3) is 0 Å². The van der Waals surface area contributed by atoms with Gasteiger partial charge in [0.05, 0.1) is 18.1 Å². The number of hydrogen-bond donors (Lipinski definition) is 2. The van der Waals surface area contributed by atoms with Crippen molar-refractivity contribution in [2.75, 3.05) is 33.4 Å². The molecule has 0 saturated heterocycles. The summed E-state index contributed by atoms with van der Waals surface area (Å²) in [6, 6.07) is 6.06. The molecule has 30 heavy (non-hydrogen) atoms. The second-order valence-corrected chi connectivity index (χ2v) is 6.23. The number of halogens is 1. The highest BCUT2D eigenvalue weighted by Crippen LogP contribution is 2.20. The molecule has 2 rings (SSSR count). The lowest BCUT2D eigenvalue weighted by molar-refractivity contribution is -0.385. The zero-order valence-corrected chi connectivity index (χ0v) is 19.8. The quantitative estimate of drug-likeness (QED) is 0.114. The Morgan fingerprint density at radius 1 is 1.33 bits per heavy atom. The Balaban J connectivity index is 0.00000450. The van der Waals surface area contributed by atoms with Crippen LogP contribution in [0, 0.1) is 17.0 Å². The monoisotopic (exact) mass is 532 g/mol. The summed E-state index contributed by atoms with van der Waals surface area (Å²) in [5, 5.41) is 21.1. The van der Waals surface area contributed by atoms with Crippen molar-refractivity contribution in [1.29, 1.82) is 0 Å².